The van der Waals surface area contributed by atoms with Crippen LogP contribution in [-0.2, 0) is 27.3 Å². The van der Waals surface area contributed by atoms with Crippen LogP contribution < -0.4 is 0 Å². The first kappa shape index (κ1) is 13.6. The third kappa shape index (κ3) is 3.13. The zero-order valence-electron chi connectivity index (χ0n) is 11.3. The predicted molar refractivity (Wildman–Crippen MR) is 66.2 cm³/mol. The minimum absolute atomic E-state index is 0.0484. The van der Waals surface area contributed by atoms with E-state index in [0.717, 1.165) is 23.4 Å². The van der Waals surface area contributed by atoms with Gasteiger partial charge in [0, 0.05) is 18.5 Å². The summed E-state index contributed by atoms with van der Waals surface area (Å²) in [5.41, 5.74) is 2.00. The first-order chi connectivity index (χ1) is 9.11. The molecule has 0 unspecified atom stereocenters. The maximum Gasteiger partial charge on any atom is 0.306 e. The highest BCUT2D eigenvalue weighted by atomic mass is 16.5. The highest BCUT2D eigenvalue weighted by molar-refractivity contribution is 5.81. The first-order valence-corrected chi connectivity index (χ1v) is 6.49. The van der Waals surface area contributed by atoms with Crippen molar-refractivity contribution in [2.75, 3.05) is 13.2 Å². The molecule has 0 bridgehead atoms. The van der Waals surface area contributed by atoms with Crippen molar-refractivity contribution in [2.45, 2.75) is 39.7 Å². The van der Waals surface area contributed by atoms with Crippen molar-refractivity contribution >= 4 is 11.9 Å². The second-order valence-corrected chi connectivity index (χ2v) is 4.54. The zero-order chi connectivity index (χ0) is 13.8. The Morgan fingerprint density at radius 3 is 2.95 bits per heavy atom. The molecule has 1 aliphatic heterocycles. The largest absolute Gasteiger partial charge is 0.466 e. The Morgan fingerprint density at radius 2 is 2.21 bits per heavy atom. The number of aryl methyl sites for hydroxylation is 1. The van der Waals surface area contributed by atoms with E-state index in [2.05, 4.69) is 5.16 Å². The molecule has 6 heteroatoms. The molecule has 1 aromatic rings. The fourth-order valence-electron chi connectivity index (χ4n) is 2.19. The number of rotatable bonds is 4. The van der Waals surface area contributed by atoms with Gasteiger partial charge in [0.25, 0.3) is 0 Å². The summed E-state index contributed by atoms with van der Waals surface area (Å²) < 4.78 is 10.00. The molecule has 6 nitrogen and oxygen atoms in total. The van der Waals surface area contributed by atoms with Crippen LogP contribution in [0.3, 0.4) is 0 Å². The van der Waals surface area contributed by atoms with E-state index in [1.807, 2.05) is 6.92 Å². The van der Waals surface area contributed by atoms with Crippen LogP contribution in [-0.4, -0.2) is 35.1 Å². The van der Waals surface area contributed by atoms with Crippen molar-refractivity contribution in [1.82, 2.24) is 10.1 Å². The Balaban J connectivity index is 1.87. The Bertz CT molecular complexity index is 481. The van der Waals surface area contributed by atoms with Crippen molar-refractivity contribution in [2.24, 2.45) is 0 Å². The number of hydrogen-bond donors (Lipinski definition) is 0. The van der Waals surface area contributed by atoms with Gasteiger partial charge in [0.05, 0.1) is 25.3 Å². The molecular formula is C13H18N2O4. The lowest BCUT2D eigenvalue weighted by molar-refractivity contribution is -0.145. The number of carbonyl (C=O) groups excluding carboxylic acids is 2. The lowest BCUT2D eigenvalue weighted by Gasteiger charge is -2.25. The molecule has 104 valence electrons. The number of fused-ring (bicyclic) bond motifs is 1. The predicted octanol–water partition coefficient (Wildman–Crippen LogP) is 1.21. The smallest absolute Gasteiger partial charge is 0.306 e. The number of amides is 1. The standard InChI is InChI=1S/C13H18N2O4/c1-3-18-13(17)5-4-12(16)15-7-6-10-9(2)14-19-11(10)8-15/h3-8H2,1-2H3. The van der Waals surface area contributed by atoms with Gasteiger partial charge in [-0.2, -0.15) is 0 Å². The molecule has 2 rings (SSSR count). The molecule has 0 saturated heterocycles. The Morgan fingerprint density at radius 1 is 1.42 bits per heavy atom. The summed E-state index contributed by atoms with van der Waals surface area (Å²) in [5.74, 6) is 0.380. The summed E-state index contributed by atoms with van der Waals surface area (Å²) in [4.78, 5) is 24.9. The fourth-order valence-corrected chi connectivity index (χ4v) is 2.19. The van der Waals surface area contributed by atoms with Crippen molar-refractivity contribution in [3.63, 3.8) is 0 Å². The maximum absolute atomic E-state index is 12.0. The molecule has 19 heavy (non-hydrogen) atoms. The van der Waals surface area contributed by atoms with Crippen LogP contribution in [0.5, 0.6) is 0 Å². The number of nitrogens with zero attached hydrogens (tertiary/aromatic N) is 2. The molecule has 0 fully saturated rings. The van der Waals surface area contributed by atoms with Gasteiger partial charge in [-0.05, 0) is 20.3 Å². The van der Waals surface area contributed by atoms with Gasteiger partial charge in [0.1, 0.15) is 0 Å². The average Bonchev–Trinajstić information content (AvgIpc) is 2.77. The van der Waals surface area contributed by atoms with E-state index in [1.54, 1.807) is 11.8 Å². The van der Waals surface area contributed by atoms with Gasteiger partial charge < -0.3 is 14.2 Å². The van der Waals surface area contributed by atoms with Gasteiger partial charge in [0.2, 0.25) is 5.91 Å². The van der Waals surface area contributed by atoms with Gasteiger partial charge in [-0.3, -0.25) is 9.59 Å². The number of hydrogen-bond acceptors (Lipinski definition) is 5. The summed E-state index contributed by atoms with van der Waals surface area (Å²) in [6.07, 6.45) is 1.07. The quantitative estimate of drug-likeness (QED) is 0.766. The van der Waals surface area contributed by atoms with Gasteiger partial charge in [-0.15, -0.1) is 0 Å². The minimum atomic E-state index is -0.330. The summed E-state index contributed by atoms with van der Waals surface area (Å²) in [6.45, 7) is 5.09. The van der Waals surface area contributed by atoms with Crippen LogP contribution in [0, 0.1) is 6.92 Å². The molecule has 0 aromatic carbocycles. The summed E-state index contributed by atoms with van der Waals surface area (Å²) in [6, 6.07) is 0. The van der Waals surface area contributed by atoms with Crippen LogP contribution in [0.15, 0.2) is 4.52 Å². The molecule has 0 aliphatic carbocycles. The molecule has 1 amide bonds. The van der Waals surface area contributed by atoms with Crippen LogP contribution >= 0.6 is 0 Å². The van der Waals surface area contributed by atoms with E-state index in [4.69, 9.17) is 9.26 Å². The monoisotopic (exact) mass is 266 g/mol. The van der Waals surface area contributed by atoms with Gasteiger partial charge in [-0.25, -0.2) is 0 Å². The third-order valence-corrected chi connectivity index (χ3v) is 3.23. The maximum atomic E-state index is 12.0. The van der Waals surface area contributed by atoms with Crippen LogP contribution in [0.2, 0.25) is 0 Å². The topological polar surface area (TPSA) is 72.6 Å². The van der Waals surface area contributed by atoms with Crippen molar-refractivity contribution in [1.29, 1.82) is 0 Å². The first-order valence-electron chi connectivity index (χ1n) is 6.49. The summed E-state index contributed by atoms with van der Waals surface area (Å²) >= 11 is 0. The minimum Gasteiger partial charge on any atom is -0.466 e. The Labute approximate surface area is 111 Å². The van der Waals surface area contributed by atoms with E-state index < -0.39 is 0 Å². The molecule has 0 atom stereocenters. The zero-order valence-corrected chi connectivity index (χ0v) is 11.3. The molecule has 2 heterocycles. The van der Waals surface area contributed by atoms with E-state index in [1.165, 1.54) is 0 Å². The summed E-state index contributed by atoms with van der Waals surface area (Å²) in [5, 5.41) is 3.90. The third-order valence-electron chi connectivity index (χ3n) is 3.23. The molecule has 0 spiro atoms. The van der Waals surface area contributed by atoms with Crippen LogP contribution in [0.1, 0.15) is 36.8 Å². The van der Waals surface area contributed by atoms with E-state index >= 15 is 0 Å². The van der Waals surface area contributed by atoms with Crippen molar-refractivity contribution in [3.05, 3.63) is 17.0 Å². The fraction of sp³-hybridized carbons (Fsp3) is 0.615. The van der Waals surface area contributed by atoms with Gasteiger partial charge in [0.15, 0.2) is 5.76 Å². The lowest BCUT2D eigenvalue weighted by Crippen LogP contribution is -2.35. The molecule has 1 aliphatic rings. The van der Waals surface area contributed by atoms with Crippen LogP contribution in [0.25, 0.3) is 0 Å². The molecule has 0 saturated carbocycles. The SMILES string of the molecule is CCOC(=O)CCC(=O)N1CCc2c(C)noc2C1. The second kappa shape index (κ2) is 5.86. The van der Waals surface area contributed by atoms with E-state index in [-0.39, 0.29) is 24.7 Å². The highest BCUT2D eigenvalue weighted by Gasteiger charge is 2.25. The normalized spacial score (nSPS) is 14.1. The summed E-state index contributed by atoms with van der Waals surface area (Å²) in [7, 11) is 0. The van der Waals surface area contributed by atoms with Crippen LogP contribution in [0.4, 0.5) is 0 Å². The Hall–Kier alpha value is -1.85. The molecule has 0 N–H and O–H groups in total. The number of carbonyl (C=O) groups is 2. The number of aromatic nitrogens is 1. The molecule has 1 aromatic heterocycles. The number of ether oxygens (including phenoxy) is 1. The average molecular weight is 266 g/mol. The number of esters is 1. The Kier molecular flexibility index (Phi) is 4.19. The van der Waals surface area contributed by atoms with Crippen molar-refractivity contribution in [3.8, 4) is 0 Å². The molecular weight excluding hydrogens is 248 g/mol. The van der Waals surface area contributed by atoms with Gasteiger partial charge >= 0.3 is 5.97 Å². The van der Waals surface area contributed by atoms with E-state index in [0.29, 0.717) is 19.7 Å². The van der Waals surface area contributed by atoms with Crippen molar-refractivity contribution < 1.29 is 18.8 Å². The molecule has 0 radical (unpaired) electrons. The van der Waals surface area contributed by atoms with Gasteiger partial charge in [-0.1, -0.05) is 5.16 Å². The lowest BCUT2D eigenvalue weighted by atomic mass is 10.1. The van der Waals surface area contributed by atoms with E-state index in [9.17, 15) is 9.59 Å². The highest BCUT2D eigenvalue weighted by Crippen LogP contribution is 2.22. The second-order valence-electron chi connectivity index (χ2n) is 4.54.